The fraction of sp³-hybridized carbons (Fsp3) is 0.455. The summed E-state index contributed by atoms with van der Waals surface area (Å²) in [6, 6.07) is 0.162. The molecule has 0 aromatic heterocycles. The zero-order valence-electron chi connectivity index (χ0n) is 9.99. The molecule has 1 N–H and O–H groups in total. The highest BCUT2D eigenvalue weighted by molar-refractivity contribution is 5.32. The van der Waals surface area contributed by atoms with Crippen LogP contribution < -0.4 is 10.1 Å². The fourth-order valence-corrected chi connectivity index (χ4v) is 1.56. The first-order valence-electron chi connectivity index (χ1n) is 5.10. The van der Waals surface area contributed by atoms with Crippen molar-refractivity contribution >= 4 is 0 Å². The maximum absolute atomic E-state index is 13.6. The maximum atomic E-state index is 13.6. The van der Waals surface area contributed by atoms with E-state index in [4.69, 9.17) is 0 Å². The largest absolute Gasteiger partial charge is 0.497 e. The molecule has 108 valence electrons. The zero-order valence-corrected chi connectivity index (χ0v) is 9.99. The van der Waals surface area contributed by atoms with Crippen LogP contribution in [0.4, 0.5) is 26.3 Å². The SMILES string of the molecule is CNC(c1ccc(OC)cc1F)C(F)(F)C(F)(F)F. The number of methoxy groups -OCH3 is 1. The van der Waals surface area contributed by atoms with Gasteiger partial charge in [0.2, 0.25) is 0 Å². The van der Waals surface area contributed by atoms with E-state index in [2.05, 4.69) is 4.74 Å². The Labute approximate surface area is 105 Å². The van der Waals surface area contributed by atoms with Gasteiger partial charge in [-0.2, -0.15) is 22.0 Å². The Kier molecular flexibility index (Phi) is 4.34. The predicted molar refractivity (Wildman–Crippen MR) is 55.8 cm³/mol. The molecule has 0 bridgehead atoms. The molecule has 0 aliphatic carbocycles. The molecule has 0 saturated heterocycles. The second-order valence-electron chi connectivity index (χ2n) is 3.73. The van der Waals surface area contributed by atoms with Gasteiger partial charge in [0.15, 0.2) is 0 Å². The molecule has 0 radical (unpaired) electrons. The average Bonchev–Trinajstić information content (AvgIpc) is 2.30. The molecule has 0 aliphatic heterocycles. The van der Waals surface area contributed by atoms with Crippen LogP contribution in [0.15, 0.2) is 18.2 Å². The fourth-order valence-electron chi connectivity index (χ4n) is 1.56. The predicted octanol–water partition coefficient (Wildman–Crippen LogP) is 3.29. The van der Waals surface area contributed by atoms with E-state index in [1.807, 2.05) is 0 Å². The lowest BCUT2D eigenvalue weighted by Gasteiger charge is -2.28. The van der Waals surface area contributed by atoms with Crippen LogP contribution in [0.1, 0.15) is 11.6 Å². The first-order valence-corrected chi connectivity index (χ1v) is 5.10. The van der Waals surface area contributed by atoms with Crippen molar-refractivity contribution in [1.29, 1.82) is 0 Å². The van der Waals surface area contributed by atoms with Crippen molar-refractivity contribution in [3.8, 4) is 5.75 Å². The molecule has 0 saturated carbocycles. The minimum absolute atomic E-state index is 0.0198. The number of rotatable bonds is 4. The molecule has 1 atom stereocenters. The van der Waals surface area contributed by atoms with Crippen molar-refractivity contribution < 1.29 is 31.1 Å². The third kappa shape index (κ3) is 2.94. The van der Waals surface area contributed by atoms with Crippen LogP contribution in [0, 0.1) is 5.82 Å². The van der Waals surface area contributed by atoms with E-state index in [1.54, 1.807) is 5.32 Å². The molecule has 1 aromatic carbocycles. The van der Waals surface area contributed by atoms with Crippen LogP contribution in [0.3, 0.4) is 0 Å². The molecular formula is C11H11F6NO. The number of ether oxygens (including phenoxy) is 1. The van der Waals surface area contributed by atoms with Crippen LogP contribution >= 0.6 is 0 Å². The molecule has 0 fully saturated rings. The molecule has 1 rings (SSSR count). The average molecular weight is 287 g/mol. The van der Waals surface area contributed by atoms with Gasteiger partial charge >= 0.3 is 12.1 Å². The summed E-state index contributed by atoms with van der Waals surface area (Å²) in [5.41, 5.74) is -0.786. The Bertz CT molecular complexity index is 445. The minimum atomic E-state index is -5.78. The summed E-state index contributed by atoms with van der Waals surface area (Å²) >= 11 is 0. The summed E-state index contributed by atoms with van der Waals surface area (Å²) in [6.07, 6.45) is -5.78. The smallest absolute Gasteiger partial charge is 0.455 e. The minimum Gasteiger partial charge on any atom is -0.497 e. The number of hydrogen-bond acceptors (Lipinski definition) is 2. The van der Waals surface area contributed by atoms with Crippen LogP contribution in [-0.4, -0.2) is 26.3 Å². The van der Waals surface area contributed by atoms with Gasteiger partial charge in [-0.05, 0) is 13.1 Å². The van der Waals surface area contributed by atoms with E-state index in [1.165, 1.54) is 7.11 Å². The summed E-state index contributed by atoms with van der Waals surface area (Å²) in [7, 11) is 2.11. The van der Waals surface area contributed by atoms with Crippen molar-refractivity contribution in [2.24, 2.45) is 0 Å². The maximum Gasteiger partial charge on any atom is 0.455 e. The van der Waals surface area contributed by atoms with E-state index in [0.29, 0.717) is 0 Å². The first-order chi connectivity index (χ1) is 8.65. The number of halogens is 6. The number of benzene rings is 1. The standard InChI is InChI=1S/C11H11F6NO/c1-18-9(10(13,14)11(15,16)17)7-4-3-6(19-2)5-8(7)12/h3-5,9,18H,1-2H3. The molecule has 2 nitrogen and oxygen atoms in total. The molecule has 0 amide bonds. The molecule has 1 unspecified atom stereocenters. The molecule has 0 heterocycles. The Morgan fingerprint density at radius 3 is 2.11 bits per heavy atom. The summed E-state index contributed by atoms with van der Waals surface area (Å²) in [4.78, 5) is 0. The van der Waals surface area contributed by atoms with Crippen LogP contribution in [0.5, 0.6) is 5.75 Å². The van der Waals surface area contributed by atoms with Gasteiger partial charge in [0, 0.05) is 11.6 Å². The van der Waals surface area contributed by atoms with Crippen molar-refractivity contribution in [3.05, 3.63) is 29.6 Å². The van der Waals surface area contributed by atoms with Crippen LogP contribution in [0.25, 0.3) is 0 Å². The lowest BCUT2D eigenvalue weighted by atomic mass is 9.99. The monoisotopic (exact) mass is 287 g/mol. The molecule has 1 aromatic rings. The molecule has 0 aliphatic rings. The second kappa shape index (κ2) is 5.28. The van der Waals surface area contributed by atoms with Gasteiger partial charge in [0.25, 0.3) is 0 Å². The van der Waals surface area contributed by atoms with Gasteiger partial charge in [0.1, 0.15) is 17.6 Å². The van der Waals surface area contributed by atoms with Gasteiger partial charge in [-0.25, -0.2) is 4.39 Å². The van der Waals surface area contributed by atoms with Crippen molar-refractivity contribution in [2.45, 2.75) is 18.1 Å². The molecular weight excluding hydrogens is 276 g/mol. The quantitative estimate of drug-likeness (QED) is 0.858. The van der Waals surface area contributed by atoms with Gasteiger partial charge < -0.3 is 10.1 Å². The van der Waals surface area contributed by atoms with Crippen LogP contribution in [0.2, 0.25) is 0 Å². The number of nitrogens with one attached hydrogen (secondary N) is 1. The Morgan fingerprint density at radius 2 is 1.74 bits per heavy atom. The lowest BCUT2D eigenvalue weighted by molar-refractivity contribution is -0.294. The molecule has 8 heteroatoms. The van der Waals surface area contributed by atoms with Gasteiger partial charge in [-0.3, -0.25) is 0 Å². The van der Waals surface area contributed by atoms with Gasteiger partial charge in [-0.15, -0.1) is 0 Å². The first kappa shape index (κ1) is 15.6. The van der Waals surface area contributed by atoms with Crippen molar-refractivity contribution in [3.63, 3.8) is 0 Å². The summed E-state index contributed by atoms with van der Waals surface area (Å²) in [5, 5.41) is 1.79. The second-order valence-corrected chi connectivity index (χ2v) is 3.73. The Hall–Kier alpha value is -1.44. The van der Waals surface area contributed by atoms with E-state index in [9.17, 15) is 26.3 Å². The zero-order chi connectivity index (χ0) is 14.8. The van der Waals surface area contributed by atoms with E-state index in [0.717, 1.165) is 25.2 Å². The Morgan fingerprint density at radius 1 is 1.16 bits per heavy atom. The lowest BCUT2D eigenvalue weighted by Crippen LogP contribution is -2.47. The highest BCUT2D eigenvalue weighted by Gasteiger charge is 2.62. The van der Waals surface area contributed by atoms with E-state index < -0.39 is 29.5 Å². The molecule has 19 heavy (non-hydrogen) atoms. The van der Waals surface area contributed by atoms with Crippen LogP contribution in [-0.2, 0) is 0 Å². The summed E-state index contributed by atoms with van der Waals surface area (Å²) in [6.45, 7) is 0. The van der Waals surface area contributed by atoms with E-state index in [-0.39, 0.29) is 5.75 Å². The van der Waals surface area contributed by atoms with Crippen molar-refractivity contribution in [1.82, 2.24) is 5.32 Å². The number of hydrogen-bond donors (Lipinski definition) is 1. The highest BCUT2D eigenvalue weighted by atomic mass is 19.4. The molecule has 0 spiro atoms. The third-order valence-electron chi connectivity index (χ3n) is 2.55. The van der Waals surface area contributed by atoms with Gasteiger partial charge in [-0.1, -0.05) is 6.07 Å². The van der Waals surface area contributed by atoms with E-state index >= 15 is 0 Å². The van der Waals surface area contributed by atoms with Gasteiger partial charge in [0.05, 0.1) is 7.11 Å². The normalized spacial score (nSPS) is 14.3. The highest BCUT2D eigenvalue weighted by Crippen LogP contribution is 2.45. The third-order valence-corrected chi connectivity index (χ3v) is 2.55. The van der Waals surface area contributed by atoms with Crippen molar-refractivity contribution in [2.75, 3.05) is 14.2 Å². The summed E-state index contributed by atoms with van der Waals surface area (Å²) in [5.74, 6) is -6.29. The Balaban J connectivity index is 3.25. The number of alkyl halides is 5. The summed E-state index contributed by atoms with van der Waals surface area (Å²) < 4.78 is 81.6. The topological polar surface area (TPSA) is 21.3 Å².